The SMILES string of the molecule is CCC(C)NCC(=O)N1CCC(C)(C(=O)O)C1. The molecule has 98 valence electrons. The molecule has 0 aliphatic carbocycles. The maximum Gasteiger partial charge on any atom is 0.311 e. The van der Waals surface area contributed by atoms with E-state index in [0.29, 0.717) is 32.1 Å². The van der Waals surface area contributed by atoms with Gasteiger partial charge >= 0.3 is 5.97 Å². The third kappa shape index (κ3) is 3.43. The second kappa shape index (κ2) is 5.49. The van der Waals surface area contributed by atoms with Crippen molar-refractivity contribution in [1.29, 1.82) is 0 Å². The second-order valence-corrected chi connectivity index (χ2v) is 5.12. The molecule has 0 aromatic rings. The van der Waals surface area contributed by atoms with E-state index in [0.717, 1.165) is 6.42 Å². The number of amides is 1. The van der Waals surface area contributed by atoms with E-state index in [2.05, 4.69) is 12.2 Å². The van der Waals surface area contributed by atoms with E-state index >= 15 is 0 Å². The fourth-order valence-electron chi connectivity index (χ4n) is 1.87. The van der Waals surface area contributed by atoms with Crippen LogP contribution in [-0.4, -0.2) is 47.6 Å². The van der Waals surface area contributed by atoms with Gasteiger partial charge in [0.05, 0.1) is 12.0 Å². The molecule has 17 heavy (non-hydrogen) atoms. The van der Waals surface area contributed by atoms with Crippen molar-refractivity contribution < 1.29 is 14.7 Å². The van der Waals surface area contributed by atoms with Gasteiger partial charge in [0, 0.05) is 19.1 Å². The monoisotopic (exact) mass is 242 g/mol. The Kier molecular flexibility index (Phi) is 4.51. The highest BCUT2D eigenvalue weighted by atomic mass is 16.4. The molecular weight excluding hydrogens is 220 g/mol. The predicted octanol–water partition coefficient (Wildman–Crippen LogP) is 0.698. The number of carboxylic acids is 1. The molecule has 0 aromatic carbocycles. The number of aliphatic carboxylic acids is 1. The summed E-state index contributed by atoms with van der Waals surface area (Å²) in [5.41, 5.74) is -0.772. The smallest absolute Gasteiger partial charge is 0.311 e. The molecule has 5 heteroatoms. The minimum Gasteiger partial charge on any atom is -0.481 e. The van der Waals surface area contributed by atoms with E-state index < -0.39 is 11.4 Å². The molecule has 1 heterocycles. The Morgan fingerprint density at radius 3 is 2.65 bits per heavy atom. The van der Waals surface area contributed by atoms with E-state index in [1.54, 1.807) is 11.8 Å². The van der Waals surface area contributed by atoms with Gasteiger partial charge in [-0.1, -0.05) is 6.92 Å². The second-order valence-electron chi connectivity index (χ2n) is 5.12. The zero-order valence-electron chi connectivity index (χ0n) is 10.8. The number of carbonyl (C=O) groups excluding carboxylic acids is 1. The fraction of sp³-hybridized carbons (Fsp3) is 0.833. The minimum atomic E-state index is -0.817. The Hall–Kier alpha value is -1.10. The van der Waals surface area contributed by atoms with Gasteiger partial charge in [0.15, 0.2) is 0 Å². The molecule has 1 rings (SSSR count). The van der Waals surface area contributed by atoms with E-state index in [9.17, 15) is 9.59 Å². The van der Waals surface area contributed by atoms with Gasteiger partial charge in [0.1, 0.15) is 0 Å². The van der Waals surface area contributed by atoms with Crippen molar-refractivity contribution in [2.24, 2.45) is 5.41 Å². The lowest BCUT2D eigenvalue weighted by atomic mass is 9.90. The molecule has 2 N–H and O–H groups in total. The van der Waals surface area contributed by atoms with Gasteiger partial charge in [-0.3, -0.25) is 9.59 Å². The molecule has 0 radical (unpaired) electrons. The maximum absolute atomic E-state index is 11.8. The highest BCUT2D eigenvalue weighted by Gasteiger charge is 2.41. The number of rotatable bonds is 5. The number of nitrogens with zero attached hydrogens (tertiary/aromatic N) is 1. The highest BCUT2D eigenvalue weighted by Crippen LogP contribution is 2.29. The molecule has 2 atom stereocenters. The van der Waals surface area contributed by atoms with Gasteiger partial charge in [0.2, 0.25) is 5.91 Å². The molecule has 1 fully saturated rings. The van der Waals surface area contributed by atoms with E-state index in [4.69, 9.17) is 5.11 Å². The molecule has 1 aliphatic heterocycles. The molecule has 0 aromatic heterocycles. The van der Waals surface area contributed by atoms with Crippen molar-refractivity contribution >= 4 is 11.9 Å². The summed E-state index contributed by atoms with van der Waals surface area (Å²) in [7, 11) is 0. The summed E-state index contributed by atoms with van der Waals surface area (Å²) in [6.07, 6.45) is 1.51. The summed E-state index contributed by atoms with van der Waals surface area (Å²) < 4.78 is 0. The molecular formula is C12H22N2O3. The molecule has 1 saturated heterocycles. The predicted molar refractivity (Wildman–Crippen MR) is 64.7 cm³/mol. The third-order valence-electron chi connectivity index (χ3n) is 3.56. The van der Waals surface area contributed by atoms with Gasteiger partial charge in [0.25, 0.3) is 0 Å². The van der Waals surface area contributed by atoms with Crippen LogP contribution in [-0.2, 0) is 9.59 Å². The van der Waals surface area contributed by atoms with Crippen molar-refractivity contribution in [3.8, 4) is 0 Å². The molecule has 5 nitrogen and oxygen atoms in total. The Morgan fingerprint density at radius 2 is 2.18 bits per heavy atom. The summed E-state index contributed by atoms with van der Waals surface area (Å²) in [6.45, 7) is 6.95. The van der Waals surface area contributed by atoms with Crippen molar-refractivity contribution in [3.05, 3.63) is 0 Å². The first-order valence-electron chi connectivity index (χ1n) is 6.13. The zero-order chi connectivity index (χ0) is 13.1. The Labute approximate surface area is 102 Å². The van der Waals surface area contributed by atoms with Gasteiger partial charge in [-0.2, -0.15) is 0 Å². The van der Waals surface area contributed by atoms with Gasteiger partial charge < -0.3 is 15.3 Å². The van der Waals surface area contributed by atoms with Crippen molar-refractivity contribution in [3.63, 3.8) is 0 Å². The number of nitrogens with one attached hydrogen (secondary N) is 1. The Bertz CT molecular complexity index is 306. The van der Waals surface area contributed by atoms with E-state index in [1.807, 2.05) is 6.92 Å². The average Bonchev–Trinajstić information content (AvgIpc) is 2.69. The van der Waals surface area contributed by atoms with Crippen LogP contribution in [0.5, 0.6) is 0 Å². The Balaban J connectivity index is 2.43. The fourth-order valence-corrected chi connectivity index (χ4v) is 1.87. The standard InChI is InChI=1S/C12H22N2O3/c1-4-9(2)13-7-10(15)14-6-5-12(3,8-14)11(16)17/h9,13H,4-8H2,1-3H3,(H,16,17). The Morgan fingerprint density at radius 1 is 1.53 bits per heavy atom. The van der Waals surface area contributed by atoms with Crippen molar-refractivity contribution in [2.75, 3.05) is 19.6 Å². The number of likely N-dealkylation sites (tertiary alicyclic amines) is 1. The lowest BCUT2D eigenvalue weighted by molar-refractivity contribution is -0.147. The van der Waals surface area contributed by atoms with Crippen molar-refractivity contribution in [1.82, 2.24) is 10.2 Å². The quantitative estimate of drug-likeness (QED) is 0.744. The average molecular weight is 242 g/mol. The summed E-state index contributed by atoms with van der Waals surface area (Å²) in [6, 6.07) is 0.312. The lowest BCUT2D eigenvalue weighted by Gasteiger charge is -2.21. The van der Waals surface area contributed by atoms with Gasteiger partial charge in [-0.15, -0.1) is 0 Å². The minimum absolute atomic E-state index is 0.00437. The third-order valence-corrected chi connectivity index (χ3v) is 3.56. The van der Waals surface area contributed by atoms with Crippen LogP contribution in [0.1, 0.15) is 33.6 Å². The summed E-state index contributed by atoms with van der Waals surface area (Å²) in [5, 5.41) is 12.2. The molecule has 1 amide bonds. The first kappa shape index (κ1) is 14.0. The summed E-state index contributed by atoms with van der Waals surface area (Å²) in [4.78, 5) is 24.5. The van der Waals surface area contributed by atoms with Crippen LogP contribution in [0.25, 0.3) is 0 Å². The molecule has 0 spiro atoms. The largest absolute Gasteiger partial charge is 0.481 e. The van der Waals surface area contributed by atoms with E-state index in [-0.39, 0.29) is 5.91 Å². The van der Waals surface area contributed by atoms with Crippen LogP contribution in [0.15, 0.2) is 0 Å². The molecule has 1 aliphatic rings. The van der Waals surface area contributed by atoms with Crippen LogP contribution < -0.4 is 5.32 Å². The van der Waals surface area contributed by atoms with Crippen LogP contribution >= 0.6 is 0 Å². The lowest BCUT2D eigenvalue weighted by Crippen LogP contribution is -2.41. The molecule has 0 saturated carbocycles. The van der Waals surface area contributed by atoms with Crippen LogP contribution in [0.3, 0.4) is 0 Å². The van der Waals surface area contributed by atoms with Crippen LogP contribution in [0, 0.1) is 5.41 Å². The van der Waals surface area contributed by atoms with Gasteiger partial charge in [-0.25, -0.2) is 0 Å². The number of carboxylic acid groups (broad SMARTS) is 1. The highest BCUT2D eigenvalue weighted by molar-refractivity contribution is 5.81. The topological polar surface area (TPSA) is 69.6 Å². The maximum atomic E-state index is 11.8. The van der Waals surface area contributed by atoms with E-state index in [1.165, 1.54) is 0 Å². The number of hydrogen-bond acceptors (Lipinski definition) is 3. The first-order chi connectivity index (χ1) is 7.89. The first-order valence-corrected chi connectivity index (χ1v) is 6.13. The van der Waals surface area contributed by atoms with Crippen LogP contribution in [0.4, 0.5) is 0 Å². The number of hydrogen-bond donors (Lipinski definition) is 2. The number of carbonyl (C=O) groups is 2. The molecule has 2 unspecified atom stereocenters. The van der Waals surface area contributed by atoms with Crippen LogP contribution in [0.2, 0.25) is 0 Å². The normalized spacial score (nSPS) is 25.9. The van der Waals surface area contributed by atoms with Crippen molar-refractivity contribution in [2.45, 2.75) is 39.7 Å². The summed E-state index contributed by atoms with van der Waals surface area (Å²) >= 11 is 0. The molecule has 0 bridgehead atoms. The van der Waals surface area contributed by atoms with Gasteiger partial charge in [-0.05, 0) is 26.7 Å². The summed E-state index contributed by atoms with van der Waals surface area (Å²) in [5.74, 6) is -0.821. The zero-order valence-corrected chi connectivity index (χ0v) is 10.8.